The average Bonchev–Trinajstić information content (AvgIpc) is 3.07. The summed E-state index contributed by atoms with van der Waals surface area (Å²) >= 11 is 0. The largest absolute Gasteiger partial charge is 0.380 e. The van der Waals surface area contributed by atoms with E-state index >= 15 is 0 Å². The number of hydrogen-bond acceptors (Lipinski definition) is 7. The summed E-state index contributed by atoms with van der Waals surface area (Å²) in [6, 6.07) is 0. The van der Waals surface area contributed by atoms with Crippen LogP contribution in [0.2, 0.25) is 0 Å². The van der Waals surface area contributed by atoms with Crippen molar-refractivity contribution < 1.29 is 18.8 Å². The predicted octanol–water partition coefficient (Wildman–Crippen LogP) is 2.78. The number of aromatic nitrogens is 3. The van der Waals surface area contributed by atoms with Gasteiger partial charge in [-0.15, -0.1) is 0 Å². The highest BCUT2D eigenvalue weighted by Gasteiger charge is 2.31. The Bertz CT molecular complexity index is 821. The first-order valence-electron chi connectivity index (χ1n) is 9.68. The van der Waals surface area contributed by atoms with Crippen LogP contribution in [0.1, 0.15) is 64.6 Å². The molecule has 152 valence electrons. The van der Waals surface area contributed by atoms with E-state index in [0.717, 1.165) is 29.9 Å². The van der Waals surface area contributed by atoms with E-state index in [2.05, 4.69) is 15.1 Å². The lowest BCUT2D eigenvalue weighted by Gasteiger charge is -2.33. The van der Waals surface area contributed by atoms with Gasteiger partial charge in [0.15, 0.2) is 5.69 Å². The van der Waals surface area contributed by atoms with Crippen molar-refractivity contribution >= 4 is 5.91 Å². The molecule has 2 aromatic heterocycles. The molecule has 1 saturated heterocycles. The van der Waals surface area contributed by atoms with Gasteiger partial charge in [0.05, 0.1) is 24.5 Å². The molecule has 0 aliphatic carbocycles. The molecule has 1 aliphatic rings. The van der Waals surface area contributed by atoms with E-state index in [-0.39, 0.29) is 11.8 Å². The molecular formula is C20H28N4O4. The van der Waals surface area contributed by atoms with Crippen LogP contribution in [-0.2, 0) is 22.7 Å². The molecule has 3 heterocycles. The van der Waals surface area contributed by atoms with Crippen molar-refractivity contribution in [1.29, 1.82) is 0 Å². The monoisotopic (exact) mass is 388 g/mol. The Morgan fingerprint density at radius 1 is 1.36 bits per heavy atom. The Hall–Kier alpha value is -2.32. The lowest BCUT2D eigenvalue weighted by molar-refractivity contribution is 0.0689. The lowest BCUT2D eigenvalue weighted by atomic mass is 9.91. The standard InChI is InChI=1S/C20H28N4O4/c1-5-27-11-16-9-21-14(3)22-18(16)15-7-6-8-24(10-15)20(25)19-17(12-26-4)13(2)28-23-19/h9,15H,5-8,10-12H2,1-4H3. The van der Waals surface area contributed by atoms with Gasteiger partial charge in [0, 0.05) is 44.5 Å². The molecule has 0 radical (unpaired) electrons. The molecule has 8 heteroatoms. The van der Waals surface area contributed by atoms with E-state index in [0.29, 0.717) is 49.9 Å². The minimum atomic E-state index is -0.120. The Kier molecular flexibility index (Phi) is 6.74. The van der Waals surface area contributed by atoms with Crippen molar-refractivity contribution in [3.05, 3.63) is 40.3 Å². The lowest BCUT2D eigenvalue weighted by Crippen LogP contribution is -2.40. The average molecular weight is 388 g/mol. The van der Waals surface area contributed by atoms with E-state index in [4.69, 9.17) is 14.0 Å². The van der Waals surface area contributed by atoms with Crippen molar-refractivity contribution in [3.8, 4) is 0 Å². The van der Waals surface area contributed by atoms with E-state index < -0.39 is 0 Å². The number of likely N-dealkylation sites (tertiary alicyclic amines) is 1. The van der Waals surface area contributed by atoms with Crippen LogP contribution < -0.4 is 0 Å². The van der Waals surface area contributed by atoms with Crippen LogP contribution in [-0.4, -0.2) is 52.7 Å². The fraction of sp³-hybridized carbons (Fsp3) is 0.600. The molecule has 2 aromatic rings. The van der Waals surface area contributed by atoms with Crippen LogP contribution in [0.5, 0.6) is 0 Å². The SMILES string of the molecule is CCOCc1cnc(C)nc1C1CCCN(C(=O)c2noc(C)c2COC)C1. The van der Waals surface area contributed by atoms with Gasteiger partial charge in [-0.25, -0.2) is 9.97 Å². The fourth-order valence-corrected chi connectivity index (χ4v) is 3.60. The maximum atomic E-state index is 13.1. The van der Waals surface area contributed by atoms with Crippen LogP contribution in [0.4, 0.5) is 0 Å². The molecule has 0 aromatic carbocycles. The number of rotatable bonds is 7. The molecular weight excluding hydrogens is 360 g/mol. The predicted molar refractivity (Wildman–Crippen MR) is 102 cm³/mol. The number of piperidine rings is 1. The molecule has 8 nitrogen and oxygen atoms in total. The van der Waals surface area contributed by atoms with E-state index in [9.17, 15) is 4.79 Å². The molecule has 1 fully saturated rings. The minimum Gasteiger partial charge on any atom is -0.380 e. The van der Waals surface area contributed by atoms with Gasteiger partial charge in [0.1, 0.15) is 11.6 Å². The zero-order chi connectivity index (χ0) is 20.1. The number of amides is 1. The second kappa shape index (κ2) is 9.25. The molecule has 1 aliphatic heterocycles. The van der Waals surface area contributed by atoms with Crippen LogP contribution in [0, 0.1) is 13.8 Å². The molecule has 3 rings (SSSR count). The smallest absolute Gasteiger partial charge is 0.276 e. The van der Waals surface area contributed by atoms with E-state index in [1.807, 2.05) is 24.9 Å². The second-order valence-electron chi connectivity index (χ2n) is 7.05. The Morgan fingerprint density at radius 3 is 2.93 bits per heavy atom. The summed E-state index contributed by atoms with van der Waals surface area (Å²) in [5.41, 5.74) is 3.02. The van der Waals surface area contributed by atoms with Gasteiger partial charge in [-0.2, -0.15) is 0 Å². The fourth-order valence-electron chi connectivity index (χ4n) is 3.60. The quantitative estimate of drug-likeness (QED) is 0.720. The van der Waals surface area contributed by atoms with Gasteiger partial charge in [-0.3, -0.25) is 4.79 Å². The van der Waals surface area contributed by atoms with Crippen LogP contribution in [0.25, 0.3) is 0 Å². The number of carbonyl (C=O) groups excluding carboxylic acids is 1. The van der Waals surface area contributed by atoms with Crippen molar-refractivity contribution in [2.24, 2.45) is 0 Å². The second-order valence-corrected chi connectivity index (χ2v) is 7.05. The van der Waals surface area contributed by atoms with Gasteiger partial charge < -0.3 is 18.9 Å². The van der Waals surface area contributed by atoms with Crippen molar-refractivity contribution in [3.63, 3.8) is 0 Å². The van der Waals surface area contributed by atoms with Crippen molar-refractivity contribution in [2.45, 2.75) is 52.7 Å². The summed E-state index contributed by atoms with van der Waals surface area (Å²) in [6.07, 6.45) is 3.72. The van der Waals surface area contributed by atoms with Crippen molar-refractivity contribution in [1.82, 2.24) is 20.0 Å². The third-order valence-electron chi connectivity index (χ3n) is 5.05. The summed E-state index contributed by atoms with van der Waals surface area (Å²) in [6.45, 7) is 8.35. The molecule has 0 spiro atoms. The maximum absolute atomic E-state index is 13.1. The number of nitrogens with zero attached hydrogens (tertiary/aromatic N) is 4. The molecule has 1 unspecified atom stereocenters. The summed E-state index contributed by atoms with van der Waals surface area (Å²) in [5, 5.41) is 3.99. The van der Waals surface area contributed by atoms with Gasteiger partial charge in [0.2, 0.25) is 0 Å². The Balaban J connectivity index is 1.81. The first kappa shape index (κ1) is 20.4. The third-order valence-corrected chi connectivity index (χ3v) is 5.05. The summed E-state index contributed by atoms with van der Waals surface area (Å²) in [5.74, 6) is 1.37. The van der Waals surface area contributed by atoms with Crippen LogP contribution >= 0.6 is 0 Å². The normalized spacial score (nSPS) is 17.1. The molecule has 0 saturated carbocycles. The molecule has 1 atom stereocenters. The summed E-state index contributed by atoms with van der Waals surface area (Å²) in [4.78, 5) is 23.9. The van der Waals surface area contributed by atoms with E-state index in [1.54, 1.807) is 14.0 Å². The zero-order valence-electron chi connectivity index (χ0n) is 17.0. The van der Waals surface area contributed by atoms with Crippen LogP contribution in [0.15, 0.2) is 10.7 Å². The number of carbonyl (C=O) groups is 1. The Morgan fingerprint density at radius 2 is 2.18 bits per heavy atom. The highest BCUT2D eigenvalue weighted by molar-refractivity contribution is 5.93. The molecule has 1 amide bonds. The zero-order valence-corrected chi connectivity index (χ0v) is 17.0. The summed E-state index contributed by atoms with van der Waals surface area (Å²) < 4.78 is 16.0. The molecule has 28 heavy (non-hydrogen) atoms. The van der Waals surface area contributed by atoms with Crippen LogP contribution in [0.3, 0.4) is 0 Å². The van der Waals surface area contributed by atoms with E-state index in [1.165, 1.54) is 0 Å². The van der Waals surface area contributed by atoms with Gasteiger partial charge in [-0.05, 0) is 33.6 Å². The van der Waals surface area contributed by atoms with Gasteiger partial charge >= 0.3 is 0 Å². The first-order chi connectivity index (χ1) is 13.5. The maximum Gasteiger partial charge on any atom is 0.276 e. The number of ether oxygens (including phenoxy) is 2. The molecule has 0 N–H and O–H groups in total. The number of methoxy groups -OCH3 is 1. The summed E-state index contributed by atoms with van der Waals surface area (Å²) in [7, 11) is 1.59. The minimum absolute atomic E-state index is 0.120. The first-order valence-corrected chi connectivity index (χ1v) is 9.68. The van der Waals surface area contributed by atoms with Crippen molar-refractivity contribution in [2.75, 3.05) is 26.8 Å². The number of aryl methyl sites for hydroxylation is 2. The van der Waals surface area contributed by atoms with Gasteiger partial charge in [0.25, 0.3) is 5.91 Å². The Labute approximate surface area is 165 Å². The third kappa shape index (κ3) is 4.39. The number of hydrogen-bond donors (Lipinski definition) is 0. The highest BCUT2D eigenvalue weighted by atomic mass is 16.5. The highest BCUT2D eigenvalue weighted by Crippen LogP contribution is 2.29. The van der Waals surface area contributed by atoms with Gasteiger partial charge in [-0.1, -0.05) is 5.16 Å². The molecule has 0 bridgehead atoms. The topological polar surface area (TPSA) is 90.6 Å².